The van der Waals surface area contributed by atoms with Crippen LogP contribution in [0.15, 0.2) is 64.8 Å². The van der Waals surface area contributed by atoms with Crippen LogP contribution in [0, 0.1) is 12.1 Å². The van der Waals surface area contributed by atoms with E-state index < -0.39 is 45.6 Å². The lowest BCUT2D eigenvalue weighted by Crippen LogP contribution is -2.56. The van der Waals surface area contributed by atoms with Crippen molar-refractivity contribution >= 4 is 21.9 Å². The van der Waals surface area contributed by atoms with Crippen molar-refractivity contribution in [3.63, 3.8) is 0 Å². The van der Waals surface area contributed by atoms with Crippen LogP contribution in [0.1, 0.15) is 45.4 Å². The van der Waals surface area contributed by atoms with Gasteiger partial charge in [0.05, 0.1) is 28.3 Å². The lowest BCUT2D eigenvalue weighted by molar-refractivity contribution is -0.718. The normalized spacial score (nSPS) is 13.2. The Morgan fingerprint density at radius 2 is 1.73 bits per heavy atom. The van der Waals surface area contributed by atoms with Crippen molar-refractivity contribution in [1.29, 1.82) is 0 Å². The maximum Gasteiger partial charge on any atom is 0.435 e. The Labute approximate surface area is 251 Å². The van der Waals surface area contributed by atoms with Crippen LogP contribution in [0.4, 0.5) is 13.2 Å². The van der Waals surface area contributed by atoms with Gasteiger partial charge < -0.3 is 9.94 Å². The van der Waals surface area contributed by atoms with E-state index >= 15 is 0 Å². The molecule has 0 saturated carbocycles. The van der Waals surface area contributed by atoms with Crippen LogP contribution in [0.5, 0.6) is 0 Å². The molecule has 17 heteroatoms. The zero-order valence-electron chi connectivity index (χ0n) is 24.6. The first-order chi connectivity index (χ1) is 20.4. The number of likely N-dealkylation sites (N-methyl/N-ethyl adjacent to an activating group) is 1. The molecular formula is C27H31F3N6O7S. The standard InChI is InChI=1S/C27H31F3N6O7S/c1-7-24(37)42-18(3)43-33-36(39)34(6)26(4,5)25(38)32-44(40,41)21-14-12-20(13-15-21)35-22(16-23(31-35)27(28,29)30)19-10-8-17(2)9-11-19/h8-16,18H,7H2,1-6H3,(H,32,38)/b36-33-. The van der Waals surface area contributed by atoms with E-state index in [9.17, 15) is 36.4 Å². The number of rotatable bonds is 11. The molecule has 0 bridgehead atoms. The van der Waals surface area contributed by atoms with Crippen molar-refractivity contribution in [3.8, 4) is 16.9 Å². The van der Waals surface area contributed by atoms with Gasteiger partial charge in [0.15, 0.2) is 11.2 Å². The predicted molar refractivity (Wildman–Crippen MR) is 149 cm³/mol. The molecule has 0 aliphatic heterocycles. The minimum Gasteiger partial charge on any atom is -0.569 e. The lowest BCUT2D eigenvalue weighted by atomic mass is 10.1. The minimum atomic E-state index is -4.72. The van der Waals surface area contributed by atoms with E-state index in [4.69, 9.17) is 9.57 Å². The van der Waals surface area contributed by atoms with Crippen LogP contribution < -0.4 is 4.72 Å². The number of nitrogens with zero attached hydrogens (tertiary/aromatic N) is 5. The summed E-state index contributed by atoms with van der Waals surface area (Å²) in [5.41, 5.74) is -1.32. The number of aromatic nitrogens is 2. The molecule has 1 atom stereocenters. The highest BCUT2D eigenvalue weighted by Gasteiger charge is 2.41. The van der Waals surface area contributed by atoms with E-state index in [0.29, 0.717) is 5.56 Å². The third-order valence-corrected chi connectivity index (χ3v) is 7.79. The van der Waals surface area contributed by atoms with Crippen molar-refractivity contribution in [2.75, 3.05) is 7.05 Å². The number of hydrazine groups is 1. The van der Waals surface area contributed by atoms with Gasteiger partial charge in [-0.15, -0.1) is 5.01 Å². The average molecular weight is 641 g/mol. The maximum absolute atomic E-state index is 13.5. The Kier molecular flexibility index (Phi) is 9.92. The van der Waals surface area contributed by atoms with Gasteiger partial charge in [-0.1, -0.05) is 36.8 Å². The van der Waals surface area contributed by atoms with Gasteiger partial charge in [-0.25, -0.2) is 17.8 Å². The van der Waals surface area contributed by atoms with Crippen molar-refractivity contribution in [1.82, 2.24) is 19.5 Å². The molecule has 0 fully saturated rings. The van der Waals surface area contributed by atoms with Crippen LogP contribution in [0.3, 0.4) is 0 Å². The van der Waals surface area contributed by atoms with E-state index in [1.807, 2.05) is 11.6 Å². The number of carbonyl (C=O) groups is 2. The molecule has 3 aromatic rings. The van der Waals surface area contributed by atoms with Gasteiger partial charge in [-0.2, -0.15) is 18.3 Å². The number of carbonyl (C=O) groups excluding carboxylic acids is 2. The van der Waals surface area contributed by atoms with Crippen molar-refractivity contribution < 1.29 is 45.7 Å². The molecule has 238 valence electrons. The Morgan fingerprint density at radius 1 is 1.14 bits per heavy atom. The number of halogens is 3. The molecule has 3 rings (SSSR count). The second kappa shape index (κ2) is 12.9. The number of ether oxygens (including phenoxy) is 1. The topological polar surface area (TPSA) is 158 Å². The fourth-order valence-electron chi connectivity index (χ4n) is 3.53. The molecule has 1 heterocycles. The second-order valence-corrected chi connectivity index (χ2v) is 11.7. The average Bonchev–Trinajstić information content (AvgIpc) is 3.42. The number of esters is 1. The monoisotopic (exact) mass is 640 g/mol. The third kappa shape index (κ3) is 7.83. The summed E-state index contributed by atoms with van der Waals surface area (Å²) < 4.78 is 74.3. The van der Waals surface area contributed by atoms with Gasteiger partial charge >= 0.3 is 12.1 Å². The highest BCUT2D eigenvalue weighted by Crippen LogP contribution is 2.33. The summed E-state index contributed by atoms with van der Waals surface area (Å²) in [6.45, 7) is 7.17. The van der Waals surface area contributed by atoms with Gasteiger partial charge in [0.25, 0.3) is 22.2 Å². The maximum atomic E-state index is 13.5. The second-order valence-electron chi connectivity index (χ2n) is 10.1. The number of benzene rings is 2. The number of hydrogen-bond acceptors (Lipinski definition) is 9. The molecule has 1 amide bonds. The SMILES string of the molecule is CCC(=O)OC(C)O/N=[N+](\[O-])N(C)C(C)(C)C(=O)NS(=O)(=O)c1ccc(-n2nc(C(F)(F)F)cc2-c2ccc(C)cc2)cc1. The summed E-state index contributed by atoms with van der Waals surface area (Å²) >= 11 is 0. The third-order valence-electron chi connectivity index (χ3n) is 6.44. The molecule has 1 N–H and O–H groups in total. The minimum absolute atomic E-state index is 0.0653. The van der Waals surface area contributed by atoms with E-state index in [1.54, 1.807) is 31.2 Å². The molecule has 0 aliphatic rings. The van der Waals surface area contributed by atoms with Crippen LogP contribution >= 0.6 is 0 Å². The Morgan fingerprint density at radius 3 is 2.27 bits per heavy atom. The van der Waals surface area contributed by atoms with Gasteiger partial charge in [0.2, 0.25) is 5.28 Å². The highest BCUT2D eigenvalue weighted by molar-refractivity contribution is 7.90. The molecule has 0 radical (unpaired) electrons. The van der Waals surface area contributed by atoms with Crippen molar-refractivity contribution in [2.45, 2.75) is 63.9 Å². The van der Waals surface area contributed by atoms with E-state index in [2.05, 4.69) is 10.4 Å². The molecule has 44 heavy (non-hydrogen) atoms. The quantitative estimate of drug-likeness (QED) is 0.105. The van der Waals surface area contributed by atoms with Gasteiger partial charge in [-0.3, -0.25) is 14.4 Å². The van der Waals surface area contributed by atoms with Crippen LogP contribution in [0.25, 0.3) is 16.9 Å². The summed E-state index contributed by atoms with van der Waals surface area (Å²) in [6.07, 6.45) is -5.87. The highest BCUT2D eigenvalue weighted by atomic mass is 32.2. The van der Waals surface area contributed by atoms with Crippen LogP contribution in [-0.2, 0) is 35.4 Å². The number of aryl methyl sites for hydroxylation is 1. The Hall–Kier alpha value is -4.67. The van der Waals surface area contributed by atoms with Crippen molar-refractivity contribution in [2.24, 2.45) is 5.28 Å². The van der Waals surface area contributed by atoms with E-state index in [-0.39, 0.29) is 27.7 Å². The summed E-state index contributed by atoms with van der Waals surface area (Å²) in [4.78, 5) is 28.6. The number of alkyl halides is 3. The molecule has 2 aromatic carbocycles. The lowest BCUT2D eigenvalue weighted by Gasteiger charge is -2.29. The first kappa shape index (κ1) is 33.8. The van der Waals surface area contributed by atoms with Gasteiger partial charge in [0.1, 0.15) is 0 Å². The largest absolute Gasteiger partial charge is 0.569 e. The zero-order chi connectivity index (χ0) is 33.0. The fourth-order valence-corrected chi connectivity index (χ4v) is 4.64. The Bertz CT molecular complexity index is 1640. The molecule has 0 spiro atoms. The molecule has 1 aromatic heterocycles. The summed E-state index contributed by atoms with van der Waals surface area (Å²) in [5.74, 6) is -1.71. The molecule has 0 aliphatic carbocycles. The Balaban J connectivity index is 1.82. The summed E-state index contributed by atoms with van der Waals surface area (Å²) in [5, 5.41) is 20.0. The van der Waals surface area contributed by atoms with Gasteiger partial charge in [0, 0.05) is 18.9 Å². The molecule has 1 unspecified atom stereocenters. The predicted octanol–water partition coefficient (Wildman–Crippen LogP) is 4.49. The van der Waals surface area contributed by atoms with E-state index in [1.165, 1.54) is 32.9 Å². The number of hydrogen-bond donors (Lipinski definition) is 1. The van der Waals surface area contributed by atoms with E-state index in [0.717, 1.165) is 40.5 Å². The molecular weight excluding hydrogens is 609 g/mol. The van der Waals surface area contributed by atoms with Crippen molar-refractivity contribution in [3.05, 3.63) is 71.1 Å². The molecule has 13 nitrogen and oxygen atoms in total. The smallest absolute Gasteiger partial charge is 0.435 e. The summed E-state index contributed by atoms with van der Waals surface area (Å²) in [7, 11) is -3.36. The first-order valence-electron chi connectivity index (χ1n) is 13.1. The zero-order valence-corrected chi connectivity index (χ0v) is 25.4. The van der Waals surface area contributed by atoms with Crippen LogP contribution in [-0.4, -0.2) is 58.9 Å². The number of nitrogens with one attached hydrogen (secondary N) is 1. The number of sulfonamides is 1. The fraction of sp³-hybridized carbons (Fsp3) is 0.370. The van der Waals surface area contributed by atoms with Crippen LogP contribution in [0.2, 0.25) is 0 Å². The molecule has 0 saturated heterocycles. The van der Waals surface area contributed by atoms with Gasteiger partial charge in [-0.05, 0) is 51.1 Å². The number of amides is 1. The summed E-state index contributed by atoms with van der Waals surface area (Å²) in [6, 6.07) is 12.3. The first-order valence-corrected chi connectivity index (χ1v) is 14.5.